The molecule has 1 aliphatic rings. The molecule has 1 aromatic heterocycles. The van der Waals surface area contributed by atoms with Crippen molar-refractivity contribution in [2.45, 2.75) is 18.9 Å². The molecular weight excluding hydrogens is 266 g/mol. The SMILES string of the molecule is COc1cc2c(cc1OC)C(O)C(Cc1ccccn1)C2. The first-order valence-corrected chi connectivity index (χ1v) is 7.05. The molecule has 0 radical (unpaired) electrons. The van der Waals surface area contributed by atoms with Crippen LogP contribution in [-0.4, -0.2) is 24.3 Å². The van der Waals surface area contributed by atoms with E-state index in [0.29, 0.717) is 11.5 Å². The number of hydrogen-bond acceptors (Lipinski definition) is 4. The number of nitrogens with zero attached hydrogens (tertiary/aromatic N) is 1. The molecule has 0 aliphatic heterocycles. The van der Waals surface area contributed by atoms with Gasteiger partial charge in [-0.2, -0.15) is 0 Å². The van der Waals surface area contributed by atoms with Crippen LogP contribution in [0.25, 0.3) is 0 Å². The fourth-order valence-electron chi connectivity index (χ4n) is 3.01. The number of aliphatic hydroxyl groups excluding tert-OH is 1. The fraction of sp³-hybridized carbons (Fsp3) is 0.353. The van der Waals surface area contributed by atoms with E-state index >= 15 is 0 Å². The second kappa shape index (κ2) is 5.74. The summed E-state index contributed by atoms with van der Waals surface area (Å²) in [6.07, 6.45) is 2.90. The van der Waals surface area contributed by atoms with E-state index in [1.54, 1.807) is 20.4 Å². The third-order valence-electron chi connectivity index (χ3n) is 4.09. The normalized spacial score (nSPS) is 20.1. The van der Waals surface area contributed by atoms with Crippen LogP contribution in [-0.2, 0) is 12.8 Å². The first kappa shape index (κ1) is 13.9. The standard InChI is InChI=1S/C17H19NO3/c1-20-15-9-11-7-12(8-13-5-3-4-6-18-13)17(19)14(11)10-16(15)21-2/h3-6,9-10,12,17,19H,7-8H2,1-2H3. The van der Waals surface area contributed by atoms with E-state index in [-0.39, 0.29) is 5.92 Å². The van der Waals surface area contributed by atoms with Gasteiger partial charge in [0.05, 0.1) is 20.3 Å². The van der Waals surface area contributed by atoms with Crippen LogP contribution < -0.4 is 9.47 Å². The summed E-state index contributed by atoms with van der Waals surface area (Å²) < 4.78 is 10.6. The second-order valence-electron chi connectivity index (χ2n) is 5.34. The molecule has 3 rings (SSSR count). The van der Waals surface area contributed by atoms with E-state index in [1.807, 2.05) is 30.3 Å². The minimum atomic E-state index is -0.484. The smallest absolute Gasteiger partial charge is 0.161 e. The highest BCUT2D eigenvalue weighted by Gasteiger charge is 2.32. The third-order valence-corrected chi connectivity index (χ3v) is 4.09. The summed E-state index contributed by atoms with van der Waals surface area (Å²) in [5, 5.41) is 10.6. The highest BCUT2D eigenvalue weighted by molar-refractivity contribution is 5.50. The van der Waals surface area contributed by atoms with Crippen LogP contribution in [0.2, 0.25) is 0 Å². The summed E-state index contributed by atoms with van der Waals surface area (Å²) >= 11 is 0. The minimum absolute atomic E-state index is 0.145. The summed E-state index contributed by atoms with van der Waals surface area (Å²) in [7, 11) is 3.23. The minimum Gasteiger partial charge on any atom is -0.493 e. The Kier molecular flexibility index (Phi) is 3.80. The Morgan fingerprint density at radius 2 is 1.95 bits per heavy atom. The van der Waals surface area contributed by atoms with Gasteiger partial charge in [0, 0.05) is 11.9 Å². The maximum atomic E-state index is 10.6. The zero-order valence-electron chi connectivity index (χ0n) is 12.2. The summed E-state index contributed by atoms with van der Waals surface area (Å²) in [4.78, 5) is 4.35. The lowest BCUT2D eigenvalue weighted by Crippen LogP contribution is -2.11. The van der Waals surface area contributed by atoms with E-state index in [9.17, 15) is 5.11 Å². The molecule has 0 bridgehead atoms. The van der Waals surface area contributed by atoms with Gasteiger partial charge in [-0.25, -0.2) is 0 Å². The number of ether oxygens (including phenoxy) is 2. The zero-order chi connectivity index (χ0) is 14.8. The van der Waals surface area contributed by atoms with Crippen molar-refractivity contribution in [1.29, 1.82) is 0 Å². The Morgan fingerprint density at radius 1 is 1.19 bits per heavy atom. The van der Waals surface area contributed by atoms with Crippen molar-refractivity contribution < 1.29 is 14.6 Å². The van der Waals surface area contributed by atoms with Crippen LogP contribution >= 0.6 is 0 Å². The number of rotatable bonds is 4. The molecule has 0 spiro atoms. The fourth-order valence-corrected chi connectivity index (χ4v) is 3.01. The van der Waals surface area contributed by atoms with E-state index in [1.165, 1.54) is 0 Å². The van der Waals surface area contributed by atoms with E-state index in [0.717, 1.165) is 29.7 Å². The molecule has 0 amide bonds. The molecule has 4 heteroatoms. The molecule has 1 aliphatic carbocycles. The van der Waals surface area contributed by atoms with Crippen molar-refractivity contribution in [2.24, 2.45) is 5.92 Å². The van der Waals surface area contributed by atoms with Gasteiger partial charge in [-0.1, -0.05) is 6.07 Å². The van der Waals surface area contributed by atoms with Gasteiger partial charge in [0.1, 0.15) is 0 Å². The van der Waals surface area contributed by atoms with Gasteiger partial charge in [-0.3, -0.25) is 4.98 Å². The number of aliphatic hydroxyl groups is 1. The molecule has 21 heavy (non-hydrogen) atoms. The van der Waals surface area contributed by atoms with Gasteiger partial charge in [-0.15, -0.1) is 0 Å². The Morgan fingerprint density at radius 3 is 2.62 bits per heavy atom. The van der Waals surface area contributed by atoms with Crippen molar-refractivity contribution in [3.63, 3.8) is 0 Å². The lowest BCUT2D eigenvalue weighted by molar-refractivity contribution is 0.122. The Labute approximate surface area is 124 Å². The molecule has 1 aromatic carbocycles. The van der Waals surface area contributed by atoms with Crippen LogP contribution in [0.5, 0.6) is 11.5 Å². The molecule has 2 aromatic rings. The lowest BCUT2D eigenvalue weighted by Gasteiger charge is -2.15. The topological polar surface area (TPSA) is 51.6 Å². The lowest BCUT2D eigenvalue weighted by atomic mass is 9.97. The van der Waals surface area contributed by atoms with Crippen molar-refractivity contribution in [3.05, 3.63) is 53.3 Å². The molecule has 4 nitrogen and oxygen atoms in total. The molecule has 0 fully saturated rings. The van der Waals surface area contributed by atoms with Crippen LogP contribution in [0.1, 0.15) is 22.9 Å². The molecule has 2 unspecified atom stereocenters. The second-order valence-corrected chi connectivity index (χ2v) is 5.34. The quantitative estimate of drug-likeness (QED) is 0.938. The van der Waals surface area contributed by atoms with Gasteiger partial charge in [0.25, 0.3) is 0 Å². The van der Waals surface area contributed by atoms with E-state index in [2.05, 4.69) is 4.98 Å². The monoisotopic (exact) mass is 285 g/mol. The molecule has 110 valence electrons. The Balaban J connectivity index is 1.86. The van der Waals surface area contributed by atoms with Gasteiger partial charge in [0.2, 0.25) is 0 Å². The van der Waals surface area contributed by atoms with E-state index < -0.39 is 6.10 Å². The predicted molar refractivity (Wildman–Crippen MR) is 79.6 cm³/mol. The predicted octanol–water partition coefficient (Wildman–Crippen LogP) is 2.55. The van der Waals surface area contributed by atoms with Gasteiger partial charge >= 0.3 is 0 Å². The Hall–Kier alpha value is -2.07. The Bertz CT molecular complexity index is 627. The third kappa shape index (κ3) is 2.59. The van der Waals surface area contributed by atoms with Crippen molar-refractivity contribution in [3.8, 4) is 11.5 Å². The zero-order valence-corrected chi connectivity index (χ0v) is 12.2. The summed E-state index contributed by atoms with van der Waals surface area (Å²) in [5.74, 6) is 1.52. The first-order chi connectivity index (χ1) is 10.2. The van der Waals surface area contributed by atoms with Gasteiger partial charge < -0.3 is 14.6 Å². The van der Waals surface area contributed by atoms with Crippen molar-refractivity contribution in [1.82, 2.24) is 4.98 Å². The summed E-state index contributed by atoms with van der Waals surface area (Å²) in [6, 6.07) is 9.73. The van der Waals surface area contributed by atoms with Gasteiger partial charge in [-0.05, 0) is 54.2 Å². The number of fused-ring (bicyclic) bond motifs is 1. The molecular formula is C17H19NO3. The van der Waals surface area contributed by atoms with Crippen LogP contribution in [0.15, 0.2) is 36.5 Å². The number of methoxy groups -OCH3 is 2. The first-order valence-electron chi connectivity index (χ1n) is 7.05. The average molecular weight is 285 g/mol. The maximum Gasteiger partial charge on any atom is 0.161 e. The molecule has 0 saturated carbocycles. The van der Waals surface area contributed by atoms with E-state index in [4.69, 9.17) is 9.47 Å². The average Bonchev–Trinajstić information content (AvgIpc) is 2.82. The largest absolute Gasteiger partial charge is 0.493 e. The highest BCUT2D eigenvalue weighted by Crippen LogP contribution is 2.43. The number of pyridine rings is 1. The van der Waals surface area contributed by atoms with Crippen molar-refractivity contribution >= 4 is 0 Å². The number of hydrogen-bond donors (Lipinski definition) is 1. The highest BCUT2D eigenvalue weighted by atomic mass is 16.5. The van der Waals surface area contributed by atoms with Gasteiger partial charge in [0.15, 0.2) is 11.5 Å². The van der Waals surface area contributed by atoms with Crippen LogP contribution in [0, 0.1) is 5.92 Å². The molecule has 2 atom stereocenters. The molecule has 0 saturated heterocycles. The summed E-state index contributed by atoms with van der Waals surface area (Å²) in [5.41, 5.74) is 3.07. The van der Waals surface area contributed by atoms with Crippen molar-refractivity contribution in [2.75, 3.05) is 14.2 Å². The van der Waals surface area contributed by atoms with Crippen LogP contribution in [0.3, 0.4) is 0 Å². The number of aromatic nitrogens is 1. The van der Waals surface area contributed by atoms with Crippen LogP contribution in [0.4, 0.5) is 0 Å². The number of benzene rings is 1. The summed E-state index contributed by atoms with van der Waals surface area (Å²) in [6.45, 7) is 0. The maximum absolute atomic E-state index is 10.6. The molecule has 1 heterocycles. The molecule has 1 N–H and O–H groups in total.